The molecule has 0 aliphatic carbocycles. The standard InChI is InChI=1S/C17H20Cl2N4O/c1-10(2)21-16-9-15(22-11(3)23-16)17(24)20-7-6-12-4-5-13(18)8-14(12)19/h4-5,8-10H,6-7H2,1-3H3,(H,20,24)(H,21,22,23). The van der Waals surface area contributed by atoms with Crippen molar-refractivity contribution in [1.29, 1.82) is 0 Å². The van der Waals surface area contributed by atoms with Gasteiger partial charge in [-0.2, -0.15) is 0 Å². The molecule has 0 saturated carbocycles. The number of aromatic nitrogens is 2. The molecule has 0 radical (unpaired) electrons. The Morgan fingerprint density at radius 3 is 2.62 bits per heavy atom. The number of hydrogen-bond acceptors (Lipinski definition) is 4. The molecule has 2 rings (SSSR count). The summed E-state index contributed by atoms with van der Waals surface area (Å²) in [6.07, 6.45) is 0.614. The van der Waals surface area contributed by atoms with Gasteiger partial charge in [0.2, 0.25) is 0 Å². The van der Waals surface area contributed by atoms with Gasteiger partial charge in [0.1, 0.15) is 17.3 Å². The average molecular weight is 367 g/mol. The van der Waals surface area contributed by atoms with Crippen molar-refractivity contribution in [2.24, 2.45) is 0 Å². The van der Waals surface area contributed by atoms with Crippen molar-refractivity contribution >= 4 is 34.9 Å². The van der Waals surface area contributed by atoms with Gasteiger partial charge in [-0.05, 0) is 44.9 Å². The SMILES string of the molecule is Cc1nc(NC(C)C)cc(C(=O)NCCc2ccc(Cl)cc2Cl)n1. The molecule has 2 N–H and O–H groups in total. The highest BCUT2D eigenvalue weighted by Gasteiger charge is 2.11. The summed E-state index contributed by atoms with van der Waals surface area (Å²) in [5.41, 5.74) is 1.27. The first-order valence-electron chi connectivity index (χ1n) is 7.69. The number of hydrogen-bond donors (Lipinski definition) is 2. The fraction of sp³-hybridized carbons (Fsp3) is 0.353. The normalized spacial score (nSPS) is 10.8. The quantitative estimate of drug-likeness (QED) is 0.813. The van der Waals surface area contributed by atoms with Crippen LogP contribution in [0.15, 0.2) is 24.3 Å². The Kier molecular flexibility index (Phi) is 6.40. The highest BCUT2D eigenvalue weighted by Crippen LogP contribution is 2.21. The maximum Gasteiger partial charge on any atom is 0.270 e. The predicted octanol–water partition coefficient (Wildman–Crippen LogP) is 3.88. The zero-order chi connectivity index (χ0) is 17.7. The Balaban J connectivity index is 1.98. The molecule has 7 heteroatoms. The van der Waals surface area contributed by atoms with E-state index in [4.69, 9.17) is 23.2 Å². The number of aryl methyl sites for hydroxylation is 1. The smallest absolute Gasteiger partial charge is 0.270 e. The molecule has 0 aliphatic heterocycles. The summed E-state index contributed by atoms with van der Waals surface area (Å²) in [6.45, 7) is 6.23. The lowest BCUT2D eigenvalue weighted by Crippen LogP contribution is -2.27. The topological polar surface area (TPSA) is 66.9 Å². The summed E-state index contributed by atoms with van der Waals surface area (Å²) in [7, 11) is 0. The Morgan fingerprint density at radius 2 is 1.96 bits per heavy atom. The lowest BCUT2D eigenvalue weighted by Gasteiger charge is -2.11. The fourth-order valence-corrected chi connectivity index (χ4v) is 2.68. The van der Waals surface area contributed by atoms with Gasteiger partial charge in [0.15, 0.2) is 0 Å². The van der Waals surface area contributed by atoms with Crippen molar-refractivity contribution in [1.82, 2.24) is 15.3 Å². The zero-order valence-electron chi connectivity index (χ0n) is 13.9. The van der Waals surface area contributed by atoms with E-state index in [-0.39, 0.29) is 11.9 Å². The molecule has 0 fully saturated rings. The van der Waals surface area contributed by atoms with E-state index in [0.29, 0.717) is 40.3 Å². The Labute approximate surface area is 151 Å². The van der Waals surface area contributed by atoms with E-state index in [1.165, 1.54) is 0 Å². The highest BCUT2D eigenvalue weighted by molar-refractivity contribution is 6.35. The van der Waals surface area contributed by atoms with E-state index in [1.807, 2.05) is 19.9 Å². The molecule has 1 aromatic heterocycles. The number of carbonyl (C=O) groups is 1. The van der Waals surface area contributed by atoms with Crippen LogP contribution in [0.3, 0.4) is 0 Å². The molecule has 1 aromatic carbocycles. The second kappa shape index (κ2) is 8.31. The molecule has 0 aliphatic rings. The monoisotopic (exact) mass is 366 g/mol. The minimum atomic E-state index is -0.239. The van der Waals surface area contributed by atoms with Crippen LogP contribution in [0.1, 0.15) is 35.7 Å². The molecular formula is C17H20Cl2N4O. The molecule has 128 valence electrons. The van der Waals surface area contributed by atoms with Crippen molar-refractivity contribution in [3.05, 3.63) is 51.4 Å². The summed E-state index contributed by atoms with van der Waals surface area (Å²) in [5, 5.41) is 7.21. The molecule has 1 heterocycles. The third kappa shape index (κ3) is 5.35. The number of rotatable bonds is 6. The minimum Gasteiger partial charge on any atom is -0.368 e. The van der Waals surface area contributed by atoms with E-state index in [9.17, 15) is 4.79 Å². The first kappa shape index (κ1) is 18.5. The van der Waals surface area contributed by atoms with E-state index in [2.05, 4.69) is 20.6 Å². The maximum atomic E-state index is 12.3. The van der Waals surface area contributed by atoms with Crippen molar-refractivity contribution < 1.29 is 4.79 Å². The van der Waals surface area contributed by atoms with Crippen molar-refractivity contribution in [3.63, 3.8) is 0 Å². The van der Waals surface area contributed by atoms with Crippen LogP contribution in [-0.2, 0) is 6.42 Å². The minimum absolute atomic E-state index is 0.224. The van der Waals surface area contributed by atoms with Crippen LogP contribution in [0.2, 0.25) is 10.0 Å². The summed E-state index contributed by atoms with van der Waals surface area (Å²) < 4.78 is 0. The molecule has 0 bridgehead atoms. The molecule has 0 atom stereocenters. The van der Waals surface area contributed by atoms with Crippen molar-refractivity contribution in [2.45, 2.75) is 33.2 Å². The Bertz CT molecular complexity index is 735. The van der Waals surface area contributed by atoms with Gasteiger partial charge >= 0.3 is 0 Å². The number of anilines is 1. The number of nitrogens with one attached hydrogen (secondary N) is 2. The lowest BCUT2D eigenvalue weighted by molar-refractivity contribution is 0.0949. The van der Waals surface area contributed by atoms with E-state index >= 15 is 0 Å². The highest BCUT2D eigenvalue weighted by atomic mass is 35.5. The number of halogens is 2. The number of amides is 1. The number of carbonyl (C=O) groups excluding carboxylic acids is 1. The van der Waals surface area contributed by atoms with E-state index in [1.54, 1.807) is 25.1 Å². The van der Waals surface area contributed by atoms with Gasteiger partial charge in [-0.15, -0.1) is 0 Å². The predicted molar refractivity (Wildman–Crippen MR) is 98.0 cm³/mol. The van der Waals surface area contributed by atoms with Gasteiger partial charge < -0.3 is 10.6 Å². The van der Waals surface area contributed by atoms with Crippen LogP contribution in [0.4, 0.5) is 5.82 Å². The van der Waals surface area contributed by atoms with Gasteiger partial charge in [-0.1, -0.05) is 29.3 Å². The van der Waals surface area contributed by atoms with E-state index < -0.39 is 0 Å². The molecule has 24 heavy (non-hydrogen) atoms. The molecule has 5 nitrogen and oxygen atoms in total. The molecule has 1 amide bonds. The largest absolute Gasteiger partial charge is 0.368 e. The van der Waals surface area contributed by atoms with Crippen LogP contribution in [-0.4, -0.2) is 28.5 Å². The third-order valence-electron chi connectivity index (χ3n) is 3.20. The maximum absolute atomic E-state index is 12.3. The van der Waals surface area contributed by atoms with Crippen LogP contribution in [0, 0.1) is 6.92 Å². The third-order valence-corrected chi connectivity index (χ3v) is 3.79. The van der Waals surface area contributed by atoms with Gasteiger partial charge in [0, 0.05) is 28.7 Å². The average Bonchev–Trinajstić information content (AvgIpc) is 2.48. The first-order chi connectivity index (χ1) is 11.3. The fourth-order valence-electron chi connectivity index (χ4n) is 2.18. The summed E-state index contributed by atoms with van der Waals surface area (Å²) >= 11 is 12.0. The van der Waals surface area contributed by atoms with Crippen molar-refractivity contribution in [3.8, 4) is 0 Å². The first-order valence-corrected chi connectivity index (χ1v) is 8.45. The van der Waals surface area contributed by atoms with Crippen LogP contribution in [0.5, 0.6) is 0 Å². The number of nitrogens with zero attached hydrogens (tertiary/aromatic N) is 2. The van der Waals surface area contributed by atoms with Crippen LogP contribution in [0.25, 0.3) is 0 Å². The molecular weight excluding hydrogens is 347 g/mol. The molecule has 2 aromatic rings. The second-order valence-corrected chi connectivity index (χ2v) is 6.57. The molecule has 0 unspecified atom stereocenters. The molecule has 0 saturated heterocycles. The van der Waals surface area contributed by atoms with E-state index in [0.717, 1.165) is 5.56 Å². The summed E-state index contributed by atoms with van der Waals surface area (Å²) in [6, 6.07) is 7.20. The second-order valence-electron chi connectivity index (χ2n) is 5.73. The van der Waals surface area contributed by atoms with Crippen molar-refractivity contribution in [2.75, 3.05) is 11.9 Å². The van der Waals surface area contributed by atoms with Gasteiger partial charge in [-0.3, -0.25) is 4.79 Å². The Hall–Kier alpha value is -1.85. The summed E-state index contributed by atoms with van der Waals surface area (Å²) in [5.74, 6) is 0.951. The van der Waals surface area contributed by atoms with Crippen LogP contribution >= 0.6 is 23.2 Å². The Morgan fingerprint density at radius 1 is 1.21 bits per heavy atom. The molecule has 0 spiro atoms. The van der Waals surface area contributed by atoms with Crippen LogP contribution < -0.4 is 10.6 Å². The lowest BCUT2D eigenvalue weighted by atomic mass is 10.1. The summed E-state index contributed by atoms with van der Waals surface area (Å²) in [4.78, 5) is 20.7. The number of benzene rings is 1. The van der Waals surface area contributed by atoms with Gasteiger partial charge in [0.25, 0.3) is 5.91 Å². The van der Waals surface area contributed by atoms with Gasteiger partial charge in [-0.25, -0.2) is 9.97 Å². The van der Waals surface area contributed by atoms with Gasteiger partial charge in [0.05, 0.1) is 0 Å². The zero-order valence-corrected chi connectivity index (χ0v) is 15.4.